The molecule has 3 rings (SSSR count). The second-order valence-corrected chi connectivity index (χ2v) is 11.5. The molecule has 2 aromatic carbocycles. The SMILES string of the molecule is C=CC(=O)N[C@@H](CCC(=O)O)C(=O)N1CCCC[C@H]1C(=O)N[C@@H](Cc1ccc2ccccc2c1)C(=O)C[C@@H](CCC(N)=O)C(N)=O. The number of aliphatic carboxylic acids is 1. The number of benzene rings is 2. The van der Waals surface area contributed by atoms with Crippen LogP contribution in [0.15, 0.2) is 55.1 Å². The van der Waals surface area contributed by atoms with Gasteiger partial charge in [-0.1, -0.05) is 49.0 Å². The average Bonchev–Trinajstić information content (AvgIpc) is 3.03. The minimum atomic E-state index is -1.20. The van der Waals surface area contributed by atoms with Crippen LogP contribution in [0.4, 0.5) is 0 Å². The molecule has 13 heteroatoms. The van der Waals surface area contributed by atoms with E-state index in [1.54, 1.807) is 0 Å². The molecule has 1 heterocycles. The number of carbonyl (C=O) groups is 7. The van der Waals surface area contributed by atoms with Crippen LogP contribution in [0.3, 0.4) is 0 Å². The number of fused-ring (bicyclic) bond motifs is 1. The predicted molar refractivity (Wildman–Crippen MR) is 169 cm³/mol. The standard InChI is InChI=1S/C33H41N5O8/c1-2-29(41)36-24(13-15-30(42)43)33(46)38-16-6-5-9-26(38)32(45)37-25(27(39)19-23(31(35)44)12-14-28(34)40)18-20-10-11-21-7-3-4-8-22(21)17-20/h2-4,7-8,10-11,17,23-26H,1,5-6,9,12-16,18-19H2,(H2,34,40)(H2,35,44)(H,36,41)(H,37,45)(H,42,43)/t23-,24+,25+,26+/m1/s1. The van der Waals surface area contributed by atoms with Gasteiger partial charge in [0, 0.05) is 31.7 Å². The monoisotopic (exact) mass is 635 g/mol. The van der Waals surface area contributed by atoms with E-state index in [9.17, 15) is 33.6 Å². The molecule has 2 aromatic rings. The van der Waals surface area contributed by atoms with E-state index >= 15 is 0 Å². The van der Waals surface area contributed by atoms with Gasteiger partial charge in [0.2, 0.25) is 29.5 Å². The number of carbonyl (C=O) groups excluding carboxylic acids is 6. The Morgan fingerprint density at radius 1 is 0.935 bits per heavy atom. The summed E-state index contributed by atoms with van der Waals surface area (Å²) < 4.78 is 0. The zero-order chi connectivity index (χ0) is 33.8. The number of carboxylic acid groups (broad SMARTS) is 1. The molecule has 0 unspecified atom stereocenters. The van der Waals surface area contributed by atoms with Gasteiger partial charge in [0.05, 0.1) is 6.04 Å². The molecule has 46 heavy (non-hydrogen) atoms. The first-order valence-electron chi connectivity index (χ1n) is 15.2. The van der Waals surface area contributed by atoms with Crippen molar-refractivity contribution in [1.29, 1.82) is 0 Å². The Balaban J connectivity index is 1.88. The molecule has 4 atom stereocenters. The molecule has 0 spiro atoms. The number of carboxylic acids is 1. The van der Waals surface area contributed by atoms with E-state index in [-0.39, 0.29) is 45.1 Å². The number of hydrogen-bond acceptors (Lipinski definition) is 7. The van der Waals surface area contributed by atoms with Crippen LogP contribution in [0.2, 0.25) is 0 Å². The molecule has 7 N–H and O–H groups in total. The lowest BCUT2D eigenvalue weighted by Gasteiger charge is -2.37. The molecule has 1 saturated heterocycles. The molecule has 13 nitrogen and oxygen atoms in total. The number of nitrogens with zero attached hydrogens (tertiary/aromatic N) is 1. The molecular formula is C33H41N5O8. The summed E-state index contributed by atoms with van der Waals surface area (Å²) in [5.41, 5.74) is 11.5. The van der Waals surface area contributed by atoms with Crippen LogP contribution in [-0.4, -0.2) is 76.0 Å². The average molecular weight is 636 g/mol. The van der Waals surface area contributed by atoms with Crippen molar-refractivity contribution in [2.45, 2.75) is 75.9 Å². The highest BCUT2D eigenvalue weighted by Gasteiger charge is 2.38. The Morgan fingerprint density at radius 3 is 2.30 bits per heavy atom. The molecule has 0 bridgehead atoms. The third kappa shape index (κ3) is 10.2. The second-order valence-electron chi connectivity index (χ2n) is 11.5. The van der Waals surface area contributed by atoms with E-state index in [2.05, 4.69) is 17.2 Å². The van der Waals surface area contributed by atoms with Gasteiger partial charge in [-0.3, -0.25) is 33.6 Å². The fraction of sp³-hybridized carbons (Fsp3) is 0.424. The molecule has 246 valence electrons. The van der Waals surface area contributed by atoms with Crippen molar-refractivity contribution in [3.05, 3.63) is 60.7 Å². The van der Waals surface area contributed by atoms with Crippen molar-refractivity contribution in [2.24, 2.45) is 17.4 Å². The van der Waals surface area contributed by atoms with Gasteiger partial charge in [-0.25, -0.2) is 0 Å². The molecule has 0 aromatic heterocycles. The lowest BCUT2D eigenvalue weighted by Crippen LogP contribution is -2.59. The third-order valence-electron chi connectivity index (χ3n) is 8.08. The molecule has 0 aliphatic carbocycles. The van der Waals surface area contributed by atoms with Crippen molar-refractivity contribution >= 4 is 52.1 Å². The number of piperidine rings is 1. The summed E-state index contributed by atoms with van der Waals surface area (Å²) in [6.07, 6.45) is 1.42. The predicted octanol–water partition coefficient (Wildman–Crippen LogP) is 1.11. The maximum absolute atomic E-state index is 13.8. The Bertz CT molecular complexity index is 1490. The molecule has 5 amide bonds. The third-order valence-corrected chi connectivity index (χ3v) is 8.08. The Hall–Kier alpha value is -5.07. The number of Topliss-reactive ketones (excluding diaryl/α,β-unsaturated/α-hetero) is 1. The molecule has 0 saturated carbocycles. The van der Waals surface area contributed by atoms with Gasteiger partial charge in [0.15, 0.2) is 5.78 Å². The zero-order valence-corrected chi connectivity index (χ0v) is 25.6. The maximum atomic E-state index is 13.8. The Labute approximate surface area is 266 Å². The number of amides is 5. The highest BCUT2D eigenvalue weighted by Crippen LogP contribution is 2.22. The minimum absolute atomic E-state index is 0.0217. The van der Waals surface area contributed by atoms with E-state index in [4.69, 9.17) is 16.6 Å². The first-order valence-corrected chi connectivity index (χ1v) is 15.2. The van der Waals surface area contributed by atoms with Crippen molar-refractivity contribution in [3.8, 4) is 0 Å². The highest BCUT2D eigenvalue weighted by molar-refractivity contribution is 5.97. The van der Waals surface area contributed by atoms with Gasteiger partial charge in [-0.15, -0.1) is 0 Å². The molecule has 1 aliphatic heterocycles. The van der Waals surface area contributed by atoms with E-state index in [1.807, 2.05) is 42.5 Å². The number of primary amides is 2. The van der Waals surface area contributed by atoms with Crippen molar-refractivity contribution < 1.29 is 38.7 Å². The summed E-state index contributed by atoms with van der Waals surface area (Å²) in [5.74, 6) is -5.92. The van der Waals surface area contributed by atoms with Crippen LogP contribution in [0.25, 0.3) is 10.8 Å². The van der Waals surface area contributed by atoms with Crippen LogP contribution in [-0.2, 0) is 40.0 Å². The first kappa shape index (κ1) is 35.4. The van der Waals surface area contributed by atoms with Crippen molar-refractivity contribution in [2.75, 3.05) is 6.54 Å². The van der Waals surface area contributed by atoms with Gasteiger partial charge in [-0.2, -0.15) is 0 Å². The Morgan fingerprint density at radius 2 is 1.65 bits per heavy atom. The maximum Gasteiger partial charge on any atom is 0.303 e. The van der Waals surface area contributed by atoms with E-state index in [0.29, 0.717) is 12.8 Å². The Kier molecular flexibility index (Phi) is 13.0. The van der Waals surface area contributed by atoms with Crippen LogP contribution >= 0.6 is 0 Å². The summed E-state index contributed by atoms with van der Waals surface area (Å²) in [4.78, 5) is 89.2. The van der Waals surface area contributed by atoms with E-state index < -0.39 is 71.8 Å². The summed E-state index contributed by atoms with van der Waals surface area (Å²) in [5, 5.41) is 16.3. The van der Waals surface area contributed by atoms with Gasteiger partial charge < -0.3 is 32.1 Å². The molecule has 0 radical (unpaired) electrons. The summed E-state index contributed by atoms with van der Waals surface area (Å²) in [7, 11) is 0. The van der Waals surface area contributed by atoms with Gasteiger partial charge in [0.25, 0.3) is 0 Å². The van der Waals surface area contributed by atoms with Crippen LogP contribution in [0, 0.1) is 5.92 Å². The lowest BCUT2D eigenvalue weighted by molar-refractivity contribution is -0.146. The zero-order valence-electron chi connectivity index (χ0n) is 25.6. The summed E-state index contributed by atoms with van der Waals surface area (Å²) >= 11 is 0. The number of hydrogen-bond donors (Lipinski definition) is 5. The minimum Gasteiger partial charge on any atom is -0.481 e. The lowest BCUT2D eigenvalue weighted by atomic mass is 9.90. The molecule has 1 fully saturated rings. The van der Waals surface area contributed by atoms with Crippen LogP contribution < -0.4 is 22.1 Å². The number of rotatable bonds is 17. The van der Waals surface area contributed by atoms with Gasteiger partial charge in [-0.05, 0) is 60.9 Å². The number of likely N-dealkylation sites (tertiary alicyclic amines) is 1. The largest absolute Gasteiger partial charge is 0.481 e. The van der Waals surface area contributed by atoms with Gasteiger partial charge >= 0.3 is 5.97 Å². The molecular weight excluding hydrogens is 594 g/mol. The fourth-order valence-electron chi connectivity index (χ4n) is 5.59. The van der Waals surface area contributed by atoms with E-state index in [1.165, 1.54) is 4.90 Å². The second kappa shape index (κ2) is 16.8. The highest BCUT2D eigenvalue weighted by atomic mass is 16.4. The number of nitrogens with two attached hydrogens (primary N) is 2. The molecule has 1 aliphatic rings. The van der Waals surface area contributed by atoms with Crippen LogP contribution in [0.1, 0.15) is 56.9 Å². The quantitative estimate of drug-likeness (QED) is 0.158. The summed E-state index contributed by atoms with van der Waals surface area (Å²) in [6, 6.07) is 9.95. The number of ketones is 1. The first-order chi connectivity index (χ1) is 21.9. The van der Waals surface area contributed by atoms with Crippen LogP contribution in [0.5, 0.6) is 0 Å². The smallest absolute Gasteiger partial charge is 0.303 e. The van der Waals surface area contributed by atoms with Crippen molar-refractivity contribution in [1.82, 2.24) is 15.5 Å². The van der Waals surface area contributed by atoms with Crippen molar-refractivity contribution in [3.63, 3.8) is 0 Å². The number of nitrogens with one attached hydrogen (secondary N) is 2. The van der Waals surface area contributed by atoms with E-state index in [0.717, 1.165) is 22.4 Å². The fourth-order valence-corrected chi connectivity index (χ4v) is 5.59. The summed E-state index contributed by atoms with van der Waals surface area (Å²) in [6.45, 7) is 3.56. The normalized spacial score (nSPS) is 16.4. The topological polar surface area (TPSA) is 219 Å². The van der Waals surface area contributed by atoms with Gasteiger partial charge in [0.1, 0.15) is 12.1 Å².